The summed E-state index contributed by atoms with van der Waals surface area (Å²) in [6.45, 7) is 0.237. The number of aliphatic hydroxyl groups excluding tert-OH is 1. The molecule has 0 aliphatic rings. The maximum absolute atomic E-state index is 11.8. The van der Waals surface area contributed by atoms with Crippen molar-refractivity contribution in [3.63, 3.8) is 0 Å². The lowest BCUT2D eigenvalue weighted by Crippen LogP contribution is -2.20. The van der Waals surface area contributed by atoms with Crippen LogP contribution in [0.25, 0.3) is 0 Å². The molecule has 0 unspecified atom stereocenters. The zero-order valence-corrected chi connectivity index (χ0v) is 9.26. The van der Waals surface area contributed by atoms with Gasteiger partial charge in [-0.15, -0.1) is 0 Å². The maximum atomic E-state index is 11.8. The van der Waals surface area contributed by atoms with Crippen LogP contribution in [0.15, 0.2) is 35.3 Å². The van der Waals surface area contributed by atoms with E-state index >= 15 is 0 Å². The van der Waals surface area contributed by atoms with Gasteiger partial charge < -0.3 is 15.3 Å². The number of aliphatic hydroxyl groups is 1. The second-order valence-corrected chi connectivity index (χ2v) is 3.79. The molecule has 0 aliphatic heterocycles. The van der Waals surface area contributed by atoms with Gasteiger partial charge in [0.25, 0.3) is 5.56 Å². The summed E-state index contributed by atoms with van der Waals surface area (Å²) in [7, 11) is 0. The average Bonchev–Trinajstić information content (AvgIpc) is 2.65. The van der Waals surface area contributed by atoms with E-state index in [4.69, 9.17) is 5.11 Å². The Kier molecular flexibility index (Phi) is 3.30. The Hall–Kier alpha value is -2.01. The van der Waals surface area contributed by atoms with Crippen molar-refractivity contribution in [2.24, 2.45) is 0 Å². The molecule has 0 radical (unpaired) electrons. The summed E-state index contributed by atoms with van der Waals surface area (Å²) >= 11 is 0. The molecule has 90 valence electrons. The molecule has 1 aromatic heterocycles. The molecule has 2 rings (SSSR count). The molecule has 0 aliphatic carbocycles. The molecule has 0 spiro atoms. The van der Waals surface area contributed by atoms with Gasteiger partial charge in [0.1, 0.15) is 5.75 Å². The van der Waals surface area contributed by atoms with E-state index in [1.807, 2.05) is 0 Å². The Morgan fingerprint density at radius 2 is 2.00 bits per heavy atom. The Balaban J connectivity index is 2.25. The minimum atomic E-state index is -0.165. The zero-order chi connectivity index (χ0) is 12.3. The number of hydrogen-bond acceptors (Lipinski definition) is 3. The van der Waals surface area contributed by atoms with Crippen LogP contribution in [-0.2, 0) is 13.0 Å². The van der Waals surface area contributed by atoms with E-state index in [1.165, 1.54) is 4.68 Å². The van der Waals surface area contributed by atoms with Crippen molar-refractivity contribution in [3.8, 4) is 5.75 Å². The van der Waals surface area contributed by atoms with Gasteiger partial charge in [-0.1, -0.05) is 18.2 Å². The number of para-hydroxylation sites is 1. The van der Waals surface area contributed by atoms with E-state index in [9.17, 15) is 9.90 Å². The maximum Gasteiger partial charge on any atom is 0.270 e. The molecule has 0 atom stereocenters. The first-order valence-corrected chi connectivity index (χ1v) is 5.37. The van der Waals surface area contributed by atoms with Gasteiger partial charge in [0, 0.05) is 30.4 Å². The van der Waals surface area contributed by atoms with Gasteiger partial charge in [0.05, 0.1) is 6.54 Å². The summed E-state index contributed by atoms with van der Waals surface area (Å²) in [5, 5.41) is 21.2. The van der Waals surface area contributed by atoms with Crippen molar-refractivity contribution in [2.75, 3.05) is 6.61 Å². The number of rotatable bonds is 4. The van der Waals surface area contributed by atoms with E-state index in [0.717, 1.165) is 0 Å². The van der Waals surface area contributed by atoms with Gasteiger partial charge in [0.2, 0.25) is 0 Å². The smallest absolute Gasteiger partial charge is 0.270 e. The fraction of sp³-hybridized carbons (Fsp3) is 0.250. The minimum absolute atomic E-state index is 0.0519. The third-order valence-electron chi connectivity index (χ3n) is 2.62. The molecule has 0 amide bonds. The monoisotopic (exact) mass is 234 g/mol. The fourth-order valence-electron chi connectivity index (χ4n) is 1.68. The highest BCUT2D eigenvalue weighted by Crippen LogP contribution is 2.15. The molecule has 0 saturated heterocycles. The SMILES string of the molecule is O=c1c(CCO)c[nH]n1Cc1ccccc1O. The van der Waals surface area contributed by atoms with E-state index < -0.39 is 0 Å². The number of aromatic hydroxyl groups is 1. The molecule has 3 N–H and O–H groups in total. The summed E-state index contributed by atoms with van der Waals surface area (Å²) in [6, 6.07) is 6.87. The van der Waals surface area contributed by atoms with Crippen molar-refractivity contribution >= 4 is 0 Å². The van der Waals surface area contributed by atoms with Gasteiger partial charge in [-0.3, -0.25) is 4.79 Å². The first-order valence-electron chi connectivity index (χ1n) is 5.37. The predicted octanol–water partition coefficient (Wildman–Crippen LogP) is 0.465. The summed E-state index contributed by atoms with van der Waals surface area (Å²) in [5.41, 5.74) is 1.05. The highest BCUT2D eigenvalue weighted by Gasteiger charge is 2.07. The molecule has 0 bridgehead atoms. The van der Waals surface area contributed by atoms with E-state index in [0.29, 0.717) is 17.5 Å². The average molecular weight is 234 g/mol. The van der Waals surface area contributed by atoms with E-state index in [1.54, 1.807) is 30.5 Å². The van der Waals surface area contributed by atoms with Crippen molar-refractivity contribution in [1.29, 1.82) is 0 Å². The Labute approximate surface area is 97.9 Å². The Morgan fingerprint density at radius 1 is 1.24 bits per heavy atom. The van der Waals surface area contributed by atoms with Crippen molar-refractivity contribution in [3.05, 3.63) is 51.9 Å². The van der Waals surface area contributed by atoms with Crippen LogP contribution in [0.1, 0.15) is 11.1 Å². The van der Waals surface area contributed by atoms with Crippen molar-refractivity contribution < 1.29 is 10.2 Å². The fourth-order valence-corrected chi connectivity index (χ4v) is 1.68. The molecular formula is C12H14N2O3. The minimum Gasteiger partial charge on any atom is -0.508 e. The number of H-pyrrole nitrogens is 1. The zero-order valence-electron chi connectivity index (χ0n) is 9.26. The van der Waals surface area contributed by atoms with Gasteiger partial charge in [-0.2, -0.15) is 0 Å². The number of nitrogens with zero attached hydrogens (tertiary/aromatic N) is 1. The molecule has 0 fully saturated rings. The lowest BCUT2D eigenvalue weighted by molar-refractivity contribution is 0.299. The highest BCUT2D eigenvalue weighted by atomic mass is 16.3. The Morgan fingerprint density at radius 3 is 2.71 bits per heavy atom. The summed E-state index contributed by atoms with van der Waals surface area (Å²) in [4.78, 5) is 11.8. The lowest BCUT2D eigenvalue weighted by atomic mass is 10.2. The predicted molar refractivity (Wildman–Crippen MR) is 63.1 cm³/mol. The quantitative estimate of drug-likeness (QED) is 0.719. The van der Waals surface area contributed by atoms with Crippen LogP contribution in [0.4, 0.5) is 0 Å². The molecule has 1 aromatic carbocycles. The van der Waals surface area contributed by atoms with Gasteiger partial charge in [-0.05, 0) is 6.07 Å². The van der Waals surface area contributed by atoms with Crippen molar-refractivity contribution in [1.82, 2.24) is 9.78 Å². The number of benzene rings is 1. The summed E-state index contributed by atoms with van der Waals surface area (Å²) in [6.07, 6.45) is 1.92. The number of phenolic OH excluding ortho intramolecular Hbond substituents is 1. The largest absolute Gasteiger partial charge is 0.508 e. The van der Waals surface area contributed by atoms with E-state index in [-0.39, 0.29) is 24.5 Å². The van der Waals surface area contributed by atoms with Crippen LogP contribution in [0.5, 0.6) is 5.75 Å². The van der Waals surface area contributed by atoms with Gasteiger partial charge in [0.15, 0.2) is 0 Å². The van der Waals surface area contributed by atoms with Crippen LogP contribution < -0.4 is 5.56 Å². The molecule has 2 aromatic rings. The number of phenols is 1. The lowest BCUT2D eigenvalue weighted by Gasteiger charge is -2.04. The molecule has 5 heteroatoms. The van der Waals surface area contributed by atoms with Crippen LogP contribution in [0.3, 0.4) is 0 Å². The molecular weight excluding hydrogens is 220 g/mol. The second-order valence-electron chi connectivity index (χ2n) is 3.79. The van der Waals surface area contributed by atoms with Crippen LogP contribution >= 0.6 is 0 Å². The molecule has 17 heavy (non-hydrogen) atoms. The summed E-state index contributed by atoms with van der Waals surface area (Å²) in [5.74, 6) is 0.165. The van der Waals surface area contributed by atoms with E-state index in [2.05, 4.69) is 5.10 Å². The number of nitrogens with one attached hydrogen (secondary N) is 1. The molecule has 0 saturated carbocycles. The number of aromatic nitrogens is 2. The highest BCUT2D eigenvalue weighted by molar-refractivity contribution is 5.31. The normalized spacial score (nSPS) is 10.6. The van der Waals surface area contributed by atoms with Crippen LogP contribution in [-0.4, -0.2) is 26.6 Å². The first-order chi connectivity index (χ1) is 8.22. The van der Waals surface area contributed by atoms with Crippen LogP contribution in [0.2, 0.25) is 0 Å². The topological polar surface area (TPSA) is 78.2 Å². The first kappa shape index (κ1) is 11.5. The van der Waals surface area contributed by atoms with Crippen LogP contribution in [0, 0.1) is 0 Å². The standard InChI is InChI=1S/C12H14N2O3/c15-6-5-9-7-13-14(12(9)17)8-10-3-1-2-4-11(10)16/h1-4,7,13,15-16H,5-6,8H2. The third-order valence-corrected chi connectivity index (χ3v) is 2.62. The second kappa shape index (κ2) is 4.88. The number of aromatic amines is 1. The number of hydrogen-bond donors (Lipinski definition) is 3. The molecule has 1 heterocycles. The third kappa shape index (κ3) is 2.39. The van der Waals surface area contributed by atoms with Crippen molar-refractivity contribution in [2.45, 2.75) is 13.0 Å². The summed E-state index contributed by atoms with van der Waals surface area (Å²) < 4.78 is 1.40. The van der Waals surface area contributed by atoms with Gasteiger partial charge in [-0.25, -0.2) is 4.68 Å². The van der Waals surface area contributed by atoms with Gasteiger partial charge >= 0.3 is 0 Å². The molecule has 5 nitrogen and oxygen atoms in total. The Bertz CT molecular complexity index is 557.